The van der Waals surface area contributed by atoms with Gasteiger partial charge in [-0.05, 0) is 43.4 Å². The highest BCUT2D eigenvalue weighted by molar-refractivity contribution is 7.64. The molecule has 0 N–H and O–H groups in total. The Labute approximate surface area is 150 Å². The normalized spacial score (nSPS) is 11.0. The zero-order valence-electron chi connectivity index (χ0n) is 14.7. The Hall–Kier alpha value is -2.19. The highest BCUT2D eigenvalue weighted by atomic mass is 31.1. The fourth-order valence-corrected chi connectivity index (χ4v) is 3.88. The second-order valence-electron chi connectivity index (χ2n) is 5.74. The number of hydrogen-bond donors (Lipinski definition) is 0. The quantitative estimate of drug-likeness (QED) is 0.438. The van der Waals surface area contributed by atoms with Crippen LogP contribution in [0.1, 0.15) is 35.2 Å². The van der Waals surface area contributed by atoms with E-state index in [1.807, 2.05) is 18.2 Å². The van der Waals surface area contributed by atoms with Crippen LogP contribution in [0.5, 0.6) is 11.5 Å². The van der Waals surface area contributed by atoms with Crippen LogP contribution < -0.4 is 9.47 Å². The molecule has 5 heteroatoms. The van der Waals surface area contributed by atoms with Gasteiger partial charge in [0, 0.05) is 0 Å². The van der Waals surface area contributed by atoms with E-state index >= 15 is 0 Å². The molecule has 0 aromatic heterocycles. The highest BCUT2D eigenvalue weighted by Crippen LogP contribution is 2.37. The van der Waals surface area contributed by atoms with E-state index in [2.05, 4.69) is 12.1 Å². The van der Waals surface area contributed by atoms with Crippen molar-refractivity contribution < 1.29 is 18.8 Å². The van der Waals surface area contributed by atoms with Crippen molar-refractivity contribution in [3.8, 4) is 11.5 Å². The van der Waals surface area contributed by atoms with E-state index in [0.717, 1.165) is 25.7 Å². The van der Waals surface area contributed by atoms with Crippen LogP contribution in [-0.2, 0) is 11.0 Å². The van der Waals surface area contributed by atoms with Crippen molar-refractivity contribution in [2.45, 2.75) is 25.7 Å². The average molecular weight is 359 g/mol. The lowest BCUT2D eigenvalue weighted by molar-refractivity contribution is 0.107. The van der Waals surface area contributed by atoms with Crippen LogP contribution in [0.15, 0.2) is 48.5 Å². The van der Waals surface area contributed by atoms with E-state index in [-0.39, 0.29) is 5.56 Å². The maximum Gasteiger partial charge on any atom is 0.420 e. The molecule has 0 aliphatic rings. The van der Waals surface area contributed by atoms with Crippen molar-refractivity contribution in [1.82, 2.24) is 0 Å². The Balaban J connectivity index is 1.86. The van der Waals surface area contributed by atoms with Crippen LogP contribution in [-0.4, -0.2) is 25.9 Å². The fourth-order valence-electron chi connectivity index (χ4n) is 2.69. The van der Waals surface area contributed by atoms with E-state index in [1.54, 1.807) is 18.2 Å². The predicted octanol–water partition coefficient (Wildman–Crippen LogP) is 5.08. The molecule has 2 aromatic rings. The summed E-state index contributed by atoms with van der Waals surface area (Å²) >= 11 is 0. The van der Waals surface area contributed by atoms with Crippen molar-refractivity contribution in [3.05, 3.63) is 59.7 Å². The van der Waals surface area contributed by atoms with Gasteiger partial charge < -0.3 is 9.47 Å². The van der Waals surface area contributed by atoms with E-state index in [1.165, 1.54) is 19.8 Å². The summed E-state index contributed by atoms with van der Waals surface area (Å²) < 4.78 is 22.8. The minimum absolute atomic E-state index is 0.276. The summed E-state index contributed by atoms with van der Waals surface area (Å²) in [5, 5.41) is 0. The minimum Gasteiger partial charge on any atom is -0.496 e. The van der Waals surface area contributed by atoms with Crippen LogP contribution in [0.2, 0.25) is 0 Å². The molecule has 0 fully saturated rings. The van der Waals surface area contributed by atoms with Crippen molar-refractivity contribution in [3.63, 3.8) is 0 Å². The van der Waals surface area contributed by atoms with Gasteiger partial charge in [-0.15, -0.1) is 0 Å². The zero-order chi connectivity index (χ0) is 18.1. The molecular weight excluding hydrogens is 335 g/mol. The summed E-state index contributed by atoms with van der Waals surface area (Å²) in [7, 11) is 0.995. The topological polar surface area (TPSA) is 52.6 Å². The molecule has 0 bridgehead atoms. The first-order chi connectivity index (χ1) is 12.2. The molecule has 4 nitrogen and oxygen atoms in total. The van der Waals surface area contributed by atoms with Crippen LogP contribution in [0.3, 0.4) is 0 Å². The molecular formula is C20H24O4P+. The summed E-state index contributed by atoms with van der Waals surface area (Å²) in [6.45, 7) is 0. The molecule has 2 rings (SSSR count). The van der Waals surface area contributed by atoms with E-state index in [0.29, 0.717) is 17.7 Å². The van der Waals surface area contributed by atoms with Gasteiger partial charge >= 0.3 is 13.3 Å². The number of unbranched alkanes of at least 4 members (excludes halogenated alkanes) is 2. The van der Waals surface area contributed by atoms with Crippen molar-refractivity contribution in [2.75, 3.05) is 20.4 Å². The molecule has 0 spiro atoms. The second-order valence-corrected chi connectivity index (χ2v) is 7.35. The van der Waals surface area contributed by atoms with Crippen LogP contribution >= 0.6 is 7.80 Å². The largest absolute Gasteiger partial charge is 0.496 e. The van der Waals surface area contributed by atoms with Gasteiger partial charge in [-0.1, -0.05) is 41.0 Å². The van der Waals surface area contributed by atoms with Gasteiger partial charge in [-0.3, -0.25) is 0 Å². The number of rotatable bonds is 10. The summed E-state index contributed by atoms with van der Waals surface area (Å²) in [5.41, 5.74) is 1.19. The highest BCUT2D eigenvalue weighted by Gasteiger charge is 2.34. The number of aryl methyl sites for hydroxylation is 1. The summed E-state index contributed by atoms with van der Waals surface area (Å²) in [6.07, 6.45) is 4.15. The van der Waals surface area contributed by atoms with Gasteiger partial charge in [0.15, 0.2) is 11.7 Å². The minimum atomic E-state index is -1.98. The van der Waals surface area contributed by atoms with Gasteiger partial charge in [0.1, 0.15) is 11.5 Å². The standard InChI is InChI=1S/C20H24O4P/c1-23-17-13-9-14-18(24-2)19(17)20(21)25(22)15-8-4-7-12-16-10-5-3-6-11-16/h3,5-6,9-11,13-14H,4,7-8,12,15H2,1-2H3/q+1. The third kappa shape index (κ3) is 5.40. The van der Waals surface area contributed by atoms with Gasteiger partial charge in [-0.2, -0.15) is 0 Å². The maximum absolute atomic E-state index is 12.5. The first-order valence-electron chi connectivity index (χ1n) is 8.41. The average Bonchev–Trinajstić information content (AvgIpc) is 2.67. The number of carbonyl (C=O) groups is 1. The van der Waals surface area contributed by atoms with Crippen LogP contribution in [0, 0.1) is 0 Å². The maximum atomic E-state index is 12.5. The summed E-state index contributed by atoms with van der Waals surface area (Å²) in [5.74, 6) is 0.800. The molecule has 0 heterocycles. The Morgan fingerprint density at radius 2 is 1.52 bits per heavy atom. The molecule has 1 unspecified atom stereocenters. The van der Waals surface area contributed by atoms with E-state index < -0.39 is 13.3 Å². The Morgan fingerprint density at radius 1 is 0.880 bits per heavy atom. The molecule has 0 radical (unpaired) electrons. The van der Waals surface area contributed by atoms with Crippen LogP contribution in [0.25, 0.3) is 0 Å². The molecule has 0 saturated heterocycles. The molecule has 25 heavy (non-hydrogen) atoms. The molecule has 0 aliphatic heterocycles. The van der Waals surface area contributed by atoms with E-state index in [9.17, 15) is 9.36 Å². The van der Waals surface area contributed by atoms with Crippen molar-refractivity contribution in [2.24, 2.45) is 0 Å². The van der Waals surface area contributed by atoms with Gasteiger partial charge in [0.25, 0.3) is 0 Å². The number of benzene rings is 2. The summed E-state index contributed by atoms with van der Waals surface area (Å²) in [6, 6.07) is 15.4. The molecule has 132 valence electrons. The summed E-state index contributed by atoms with van der Waals surface area (Å²) in [4.78, 5) is 12.5. The lowest BCUT2D eigenvalue weighted by Crippen LogP contribution is -2.03. The lowest BCUT2D eigenvalue weighted by Gasteiger charge is -2.07. The lowest BCUT2D eigenvalue weighted by atomic mass is 10.1. The number of ether oxygens (including phenoxy) is 2. The molecule has 2 aromatic carbocycles. The first kappa shape index (κ1) is 19.1. The third-order valence-electron chi connectivity index (χ3n) is 4.04. The van der Waals surface area contributed by atoms with Crippen molar-refractivity contribution in [1.29, 1.82) is 0 Å². The monoisotopic (exact) mass is 359 g/mol. The second kappa shape index (κ2) is 9.95. The van der Waals surface area contributed by atoms with E-state index in [4.69, 9.17) is 9.47 Å². The van der Waals surface area contributed by atoms with Gasteiger partial charge in [0.2, 0.25) is 0 Å². The molecule has 1 atom stereocenters. The van der Waals surface area contributed by atoms with Crippen LogP contribution in [0.4, 0.5) is 0 Å². The molecule has 0 amide bonds. The number of hydrogen-bond acceptors (Lipinski definition) is 4. The molecule has 0 saturated carbocycles. The Kier molecular flexibility index (Phi) is 7.62. The Bertz CT molecular complexity index is 691. The SMILES string of the molecule is COc1cccc(OC)c1C(=O)[P+](=O)CCCCCc1ccccc1. The smallest absolute Gasteiger partial charge is 0.420 e. The molecule has 0 aliphatic carbocycles. The van der Waals surface area contributed by atoms with Crippen molar-refractivity contribution >= 4 is 13.3 Å². The number of methoxy groups -OCH3 is 2. The zero-order valence-corrected chi connectivity index (χ0v) is 15.6. The third-order valence-corrected chi connectivity index (χ3v) is 5.44. The fraction of sp³-hybridized carbons (Fsp3) is 0.350. The first-order valence-corrected chi connectivity index (χ1v) is 9.85. The number of carbonyl (C=O) groups excluding carboxylic acids is 1. The van der Waals surface area contributed by atoms with Gasteiger partial charge in [0.05, 0.1) is 14.2 Å². The van der Waals surface area contributed by atoms with Gasteiger partial charge in [-0.25, -0.2) is 4.79 Å². The predicted molar refractivity (Wildman–Crippen MR) is 100 cm³/mol. The Morgan fingerprint density at radius 3 is 2.12 bits per heavy atom.